The maximum Gasteiger partial charge on any atom is 0.306 e. The minimum absolute atomic E-state index is 0.0181. The van der Waals surface area contributed by atoms with E-state index < -0.39 is 48.0 Å². The summed E-state index contributed by atoms with van der Waals surface area (Å²) in [4.78, 5) is 12.4. The number of aliphatic hydroxyl groups excluding tert-OH is 4. The van der Waals surface area contributed by atoms with Gasteiger partial charge in [-0.05, 0) is 96.2 Å². The molecule has 43 heavy (non-hydrogen) atoms. The molecule has 14 atom stereocenters. The number of fused-ring (bicyclic) bond motifs is 7. The Morgan fingerprint density at radius 3 is 2.28 bits per heavy atom. The lowest BCUT2D eigenvalue weighted by atomic mass is 9.34. The predicted octanol–water partition coefficient (Wildman–Crippen LogP) is 4.52. The van der Waals surface area contributed by atoms with Crippen LogP contribution in [0.2, 0.25) is 0 Å². The van der Waals surface area contributed by atoms with Crippen LogP contribution in [0.25, 0.3) is 0 Å². The summed E-state index contributed by atoms with van der Waals surface area (Å²) < 4.78 is 12.1. The first-order chi connectivity index (χ1) is 19.9. The molecule has 4 saturated carbocycles. The second-order valence-corrected chi connectivity index (χ2v) is 17.3. The maximum atomic E-state index is 12.4. The van der Waals surface area contributed by atoms with Gasteiger partial charge in [0.25, 0.3) is 0 Å². The largest absolute Gasteiger partial charge is 0.481 e. The molecule has 8 heteroatoms. The van der Waals surface area contributed by atoms with Crippen molar-refractivity contribution in [3.05, 3.63) is 11.6 Å². The third kappa shape index (κ3) is 4.40. The number of hydrogen-bond acceptors (Lipinski definition) is 7. The van der Waals surface area contributed by atoms with E-state index in [-0.39, 0.29) is 46.2 Å². The Labute approximate surface area is 257 Å². The minimum atomic E-state index is -1.29. The van der Waals surface area contributed by atoms with Crippen molar-refractivity contribution in [1.29, 1.82) is 0 Å². The third-order valence-electron chi connectivity index (χ3n) is 14.7. The minimum Gasteiger partial charge on any atom is -0.481 e. The Balaban J connectivity index is 1.30. The van der Waals surface area contributed by atoms with Crippen LogP contribution in [0.5, 0.6) is 0 Å². The summed E-state index contributed by atoms with van der Waals surface area (Å²) in [7, 11) is 0. The fourth-order valence-electron chi connectivity index (χ4n) is 12.1. The van der Waals surface area contributed by atoms with Gasteiger partial charge in [0.1, 0.15) is 18.3 Å². The lowest BCUT2D eigenvalue weighted by Gasteiger charge is -2.71. The Morgan fingerprint density at radius 2 is 1.60 bits per heavy atom. The Kier molecular flexibility index (Phi) is 7.60. The first-order valence-corrected chi connectivity index (χ1v) is 16.8. The summed E-state index contributed by atoms with van der Waals surface area (Å²) in [5.41, 5.74) is 0.679. The molecule has 8 nitrogen and oxygen atoms in total. The molecule has 5 aliphatic carbocycles. The SMILES string of the molecule is CC1(C)CC(C(=O)O)C2CCC3(C)C(=CCC4C5(C)CCC(OC6OCC(O)C(O)C6O)C(C)(C)C5CCC43C)C2C1O. The van der Waals surface area contributed by atoms with Crippen LogP contribution < -0.4 is 0 Å². The van der Waals surface area contributed by atoms with Crippen molar-refractivity contribution in [3.63, 3.8) is 0 Å². The number of carbonyl (C=O) groups is 1. The molecule has 1 aliphatic heterocycles. The predicted molar refractivity (Wildman–Crippen MR) is 161 cm³/mol. The molecular weight excluding hydrogens is 548 g/mol. The average Bonchev–Trinajstić information content (AvgIpc) is 2.92. The van der Waals surface area contributed by atoms with Gasteiger partial charge in [-0.15, -0.1) is 0 Å². The molecule has 0 bridgehead atoms. The highest BCUT2D eigenvalue weighted by atomic mass is 16.7. The molecule has 244 valence electrons. The molecule has 0 amide bonds. The molecule has 5 fully saturated rings. The number of allylic oxidation sites excluding steroid dienone is 1. The van der Waals surface area contributed by atoms with Crippen molar-refractivity contribution in [2.45, 2.75) is 137 Å². The van der Waals surface area contributed by atoms with Crippen molar-refractivity contribution in [1.82, 2.24) is 0 Å². The van der Waals surface area contributed by atoms with Gasteiger partial charge in [-0.3, -0.25) is 4.79 Å². The number of aliphatic hydroxyl groups is 4. The number of carboxylic acid groups (broad SMARTS) is 1. The summed E-state index contributed by atoms with van der Waals surface area (Å²) in [5.74, 6) is -0.427. The van der Waals surface area contributed by atoms with Crippen LogP contribution in [0.3, 0.4) is 0 Å². The zero-order valence-electron chi connectivity index (χ0n) is 27.3. The van der Waals surface area contributed by atoms with E-state index in [0.29, 0.717) is 18.3 Å². The van der Waals surface area contributed by atoms with Crippen LogP contribution in [0, 0.1) is 56.7 Å². The van der Waals surface area contributed by atoms with Gasteiger partial charge in [-0.2, -0.15) is 0 Å². The van der Waals surface area contributed by atoms with Crippen LogP contribution in [-0.4, -0.2) is 74.9 Å². The lowest BCUT2D eigenvalue weighted by Crippen LogP contribution is -2.66. The number of rotatable bonds is 3. The van der Waals surface area contributed by atoms with Crippen molar-refractivity contribution in [2.75, 3.05) is 6.61 Å². The number of hydrogen-bond donors (Lipinski definition) is 5. The van der Waals surface area contributed by atoms with E-state index in [1.54, 1.807) is 0 Å². The number of ether oxygens (including phenoxy) is 2. The summed E-state index contributed by atoms with van der Waals surface area (Å²) in [6.07, 6.45) is 4.28. The molecule has 5 N–H and O–H groups in total. The van der Waals surface area contributed by atoms with E-state index in [4.69, 9.17) is 9.47 Å². The van der Waals surface area contributed by atoms with Gasteiger partial charge >= 0.3 is 5.97 Å². The molecule has 0 spiro atoms. The number of aliphatic carboxylic acids is 1. The highest BCUT2D eigenvalue weighted by Crippen LogP contribution is 2.74. The fraction of sp³-hybridized carbons (Fsp3) is 0.914. The van der Waals surface area contributed by atoms with E-state index >= 15 is 0 Å². The average molecular weight is 605 g/mol. The summed E-state index contributed by atoms with van der Waals surface area (Å²) in [5, 5.41) is 52.7. The van der Waals surface area contributed by atoms with Gasteiger partial charge < -0.3 is 35.0 Å². The van der Waals surface area contributed by atoms with Gasteiger partial charge in [-0.1, -0.05) is 60.1 Å². The molecule has 0 aromatic rings. The van der Waals surface area contributed by atoms with Crippen LogP contribution in [0.4, 0.5) is 0 Å². The zero-order chi connectivity index (χ0) is 31.5. The molecule has 1 saturated heterocycles. The molecule has 0 aromatic heterocycles. The van der Waals surface area contributed by atoms with Gasteiger partial charge in [-0.25, -0.2) is 0 Å². The summed E-state index contributed by atoms with van der Waals surface area (Å²) >= 11 is 0. The number of carboxylic acids is 1. The van der Waals surface area contributed by atoms with E-state index in [1.807, 2.05) is 13.8 Å². The smallest absolute Gasteiger partial charge is 0.306 e. The standard InChI is InChI=1S/C35H56O8/c1-31(2)16-19(29(40)41)18-10-14-34(6)20(25(18)28(31)39)8-9-23-33(5)13-12-24(32(3,4)22(33)11-15-35(23,34)7)43-30-27(38)26(37)21(36)17-42-30/h8,18-19,21-28,30,36-39H,9-17H2,1-7H3,(H,40,41). The van der Waals surface area contributed by atoms with E-state index in [1.165, 1.54) is 5.57 Å². The van der Waals surface area contributed by atoms with Crippen LogP contribution in [0.15, 0.2) is 11.6 Å². The zero-order valence-corrected chi connectivity index (χ0v) is 27.3. The lowest BCUT2D eigenvalue weighted by molar-refractivity contribution is -0.308. The molecule has 1 heterocycles. The van der Waals surface area contributed by atoms with Crippen molar-refractivity contribution >= 4 is 5.97 Å². The summed E-state index contributed by atoms with van der Waals surface area (Å²) in [6.45, 7) is 16.0. The quantitative estimate of drug-likeness (QED) is 0.234. The second-order valence-electron chi connectivity index (χ2n) is 17.3. The molecule has 0 aromatic carbocycles. The van der Waals surface area contributed by atoms with E-state index in [9.17, 15) is 30.3 Å². The van der Waals surface area contributed by atoms with Gasteiger partial charge in [0, 0.05) is 5.92 Å². The molecule has 6 rings (SSSR count). The Morgan fingerprint density at radius 1 is 0.907 bits per heavy atom. The fourth-order valence-corrected chi connectivity index (χ4v) is 12.1. The van der Waals surface area contributed by atoms with Crippen molar-refractivity contribution in [3.8, 4) is 0 Å². The monoisotopic (exact) mass is 604 g/mol. The third-order valence-corrected chi connectivity index (χ3v) is 14.7. The van der Waals surface area contributed by atoms with Gasteiger partial charge in [0.05, 0.1) is 24.7 Å². The Hall–Kier alpha value is -1.03. The topological polar surface area (TPSA) is 137 Å². The second kappa shape index (κ2) is 10.2. The highest BCUT2D eigenvalue weighted by Gasteiger charge is 2.68. The van der Waals surface area contributed by atoms with E-state index in [2.05, 4.69) is 40.7 Å². The Bertz CT molecular complexity index is 1150. The first-order valence-electron chi connectivity index (χ1n) is 16.8. The first kappa shape index (κ1) is 31.9. The van der Waals surface area contributed by atoms with Crippen LogP contribution >= 0.6 is 0 Å². The molecule has 14 unspecified atom stereocenters. The molecule has 6 aliphatic rings. The van der Waals surface area contributed by atoms with Gasteiger partial charge in [0.15, 0.2) is 6.29 Å². The maximum absolute atomic E-state index is 12.4. The van der Waals surface area contributed by atoms with Gasteiger partial charge in [0.2, 0.25) is 0 Å². The molecule has 0 radical (unpaired) electrons. The van der Waals surface area contributed by atoms with Crippen molar-refractivity contribution < 1.29 is 39.8 Å². The van der Waals surface area contributed by atoms with Crippen molar-refractivity contribution in [2.24, 2.45) is 56.7 Å². The van der Waals surface area contributed by atoms with E-state index in [0.717, 1.165) is 44.9 Å². The molecular formula is C35H56O8. The van der Waals surface area contributed by atoms with Crippen LogP contribution in [-0.2, 0) is 14.3 Å². The van der Waals surface area contributed by atoms with Crippen LogP contribution in [0.1, 0.15) is 99.8 Å². The highest BCUT2D eigenvalue weighted by molar-refractivity contribution is 5.71. The summed E-state index contributed by atoms with van der Waals surface area (Å²) in [6, 6.07) is 0. The normalized spacial score (nSPS) is 53.8.